The van der Waals surface area contributed by atoms with Crippen LogP contribution in [0.1, 0.15) is 52.4 Å². The molecule has 0 spiro atoms. The third-order valence-electron chi connectivity index (χ3n) is 6.46. The number of benzene rings is 1. The van der Waals surface area contributed by atoms with Crippen molar-refractivity contribution in [1.82, 2.24) is 19.8 Å². The minimum absolute atomic E-state index is 0.0140. The Kier molecular flexibility index (Phi) is 5.74. The average molecular weight is 415 g/mol. The maximum absolute atomic E-state index is 12.9. The summed E-state index contributed by atoms with van der Waals surface area (Å²) in [6.07, 6.45) is 6.46. The summed E-state index contributed by atoms with van der Waals surface area (Å²) in [5, 5.41) is 0.159. The molecule has 0 N–H and O–H groups in total. The first kappa shape index (κ1) is 20.1. The first-order valence-corrected chi connectivity index (χ1v) is 10.5. The van der Waals surface area contributed by atoms with Gasteiger partial charge in [0.15, 0.2) is 0 Å². The summed E-state index contributed by atoms with van der Waals surface area (Å²) in [6.45, 7) is 6.65. The minimum atomic E-state index is -0.0140. The Bertz CT molecular complexity index is 902. The standard InChI is InChI=1S/C22H27ClN4O2/c1-14-15(2)20(29-3)8-7-18(14)19-6-4-5-17-13-26(9-10-27(17)19)21(28)16-11-24-22(23)25-12-16/h7-8,11-12,17,19H,4-6,9-10,13H2,1-3H3/t17-,19+/m0/s1. The van der Waals surface area contributed by atoms with E-state index < -0.39 is 0 Å². The third kappa shape index (κ3) is 3.83. The Hall–Kier alpha value is -2.18. The summed E-state index contributed by atoms with van der Waals surface area (Å²) in [5.41, 5.74) is 4.41. The van der Waals surface area contributed by atoms with Crippen LogP contribution in [0.25, 0.3) is 0 Å². The summed E-state index contributed by atoms with van der Waals surface area (Å²) in [6, 6.07) is 5.08. The zero-order chi connectivity index (χ0) is 20.5. The van der Waals surface area contributed by atoms with Crippen LogP contribution in [0.4, 0.5) is 0 Å². The first-order valence-electron chi connectivity index (χ1n) is 10.2. The SMILES string of the molecule is COc1ccc([C@H]2CCC[C@H]3CN(C(=O)c4cnc(Cl)nc4)CCN32)c(C)c1C. The second-order valence-corrected chi connectivity index (χ2v) is 8.28. The van der Waals surface area contributed by atoms with Crippen molar-refractivity contribution in [3.8, 4) is 5.75 Å². The van der Waals surface area contributed by atoms with Crippen molar-refractivity contribution in [1.29, 1.82) is 0 Å². The zero-order valence-electron chi connectivity index (χ0n) is 17.2. The summed E-state index contributed by atoms with van der Waals surface area (Å²) >= 11 is 5.75. The molecule has 2 saturated heterocycles. The summed E-state index contributed by atoms with van der Waals surface area (Å²) < 4.78 is 5.49. The molecule has 0 aliphatic carbocycles. The number of carbonyl (C=O) groups excluding carboxylic acids is 1. The van der Waals surface area contributed by atoms with Crippen LogP contribution in [0, 0.1) is 13.8 Å². The van der Waals surface area contributed by atoms with Gasteiger partial charge in [0.2, 0.25) is 5.28 Å². The van der Waals surface area contributed by atoms with E-state index in [1.165, 1.54) is 35.5 Å². The molecule has 0 radical (unpaired) electrons. The van der Waals surface area contributed by atoms with Crippen molar-refractivity contribution in [2.45, 2.75) is 45.2 Å². The van der Waals surface area contributed by atoms with Crippen LogP contribution in [0.3, 0.4) is 0 Å². The van der Waals surface area contributed by atoms with Crippen molar-refractivity contribution in [3.63, 3.8) is 0 Å². The lowest BCUT2D eigenvalue weighted by Crippen LogP contribution is -2.57. The lowest BCUT2D eigenvalue weighted by atomic mass is 9.86. The smallest absolute Gasteiger partial charge is 0.257 e. The van der Waals surface area contributed by atoms with Crippen LogP contribution in [-0.2, 0) is 0 Å². The number of carbonyl (C=O) groups is 1. The van der Waals surface area contributed by atoms with E-state index in [2.05, 4.69) is 40.8 Å². The van der Waals surface area contributed by atoms with Gasteiger partial charge in [0, 0.05) is 44.1 Å². The second kappa shape index (κ2) is 8.28. The number of rotatable bonds is 3. The highest BCUT2D eigenvalue weighted by Crippen LogP contribution is 2.39. The first-order chi connectivity index (χ1) is 14.0. The maximum atomic E-state index is 12.9. The monoisotopic (exact) mass is 414 g/mol. The number of piperidine rings is 1. The van der Waals surface area contributed by atoms with Crippen molar-refractivity contribution >= 4 is 17.5 Å². The number of methoxy groups -OCH3 is 1. The number of piperazine rings is 1. The maximum Gasteiger partial charge on any atom is 0.257 e. The molecule has 1 aromatic heterocycles. The summed E-state index contributed by atoms with van der Waals surface area (Å²) in [7, 11) is 1.72. The third-order valence-corrected chi connectivity index (χ3v) is 6.65. The molecule has 0 saturated carbocycles. The van der Waals surface area contributed by atoms with Crippen LogP contribution in [0.15, 0.2) is 24.5 Å². The van der Waals surface area contributed by atoms with Crippen LogP contribution in [0.5, 0.6) is 5.75 Å². The van der Waals surface area contributed by atoms with Gasteiger partial charge in [-0.3, -0.25) is 9.69 Å². The van der Waals surface area contributed by atoms with Gasteiger partial charge >= 0.3 is 0 Å². The molecule has 4 rings (SSSR count). The van der Waals surface area contributed by atoms with Crippen LogP contribution in [0.2, 0.25) is 5.28 Å². The van der Waals surface area contributed by atoms with E-state index in [1.54, 1.807) is 7.11 Å². The molecule has 2 aliphatic heterocycles. The molecule has 154 valence electrons. The topological polar surface area (TPSA) is 58.6 Å². The summed E-state index contributed by atoms with van der Waals surface area (Å²) in [5.74, 6) is 0.930. The predicted molar refractivity (Wildman–Crippen MR) is 112 cm³/mol. The van der Waals surface area contributed by atoms with Gasteiger partial charge in [-0.1, -0.05) is 6.07 Å². The molecule has 2 aliphatic rings. The Morgan fingerprint density at radius 1 is 1.14 bits per heavy atom. The normalized spacial score (nSPS) is 22.3. The molecule has 7 heteroatoms. The van der Waals surface area contributed by atoms with Gasteiger partial charge in [-0.25, -0.2) is 9.97 Å². The number of aromatic nitrogens is 2. The van der Waals surface area contributed by atoms with Crippen molar-refractivity contribution < 1.29 is 9.53 Å². The molecule has 0 unspecified atom stereocenters. The Morgan fingerprint density at radius 2 is 1.90 bits per heavy atom. The van der Waals surface area contributed by atoms with E-state index in [-0.39, 0.29) is 11.2 Å². The van der Waals surface area contributed by atoms with Crippen molar-refractivity contribution in [2.75, 3.05) is 26.7 Å². The lowest BCUT2D eigenvalue weighted by Gasteiger charge is -2.48. The van der Waals surface area contributed by atoms with E-state index in [1.807, 2.05) is 4.90 Å². The molecule has 29 heavy (non-hydrogen) atoms. The number of amides is 1. The molecule has 1 aromatic carbocycles. The lowest BCUT2D eigenvalue weighted by molar-refractivity contribution is 0.0101. The predicted octanol–water partition coefficient (Wildman–Crippen LogP) is 3.81. The molecule has 1 amide bonds. The van der Waals surface area contributed by atoms with Gasteiger partial charge < -0.3 is 9.64 Å². The van der Waals surface area contributed by atoms with Gasteiger partial charge in [0.05, 0.1) is 12.7 Å². The van der Waals surface area contributed by atoms with Gasteiger partial charge in [-0.15, -0.1) is 0 Å². The Balaban J connectivity index is 1.52. The Morgan fingerprint density at radius 3 is 2.62 bits per heavy atom. The Labute approximate surface area is 176 Å². The number of hydrogen-bond donors (Lipinski definition) is 0. The fourth-order valence-corrected chi connectivity index (χ4v) is 4.87. The quantitative estimate of drug-likeness (QED) is 0.715. The molecule has 6 nitrogen and oxygen atoms in total. The zero-order valence-corrected chi connectivity index (χ0v) is 17.9. The highest BCUT2D eigenvalue weighted by atomic mass is 35.5. The van der Waals surface area contributed by atoms with Gasteiger partial charge in [0.1, 0.15) is 5.75 Å². The second-order valence-electron chi connectivity index (χ2n) is 7.94. The summed E-state index contributed by atoms with van der Waals surface area (Å²) in [4.78, 5) is 25.3. The fraction of sp³-hybridized carbons (Fsp3) is 0.500. The van der Waals surface area contributed by atoms with E-state index >= 15 is 0 Å². The van der Waals surface area contributed by atoms with E-state index in [9.17, 15) is 4.79 Å². The number of hydrogen-bond acceptors (Lipinski definition) is 5. The molecule has 3 heterocycles. The highest BCUT2D eigenvalue weighted by molar-refractivity contribution is 6.28. The fourth-order valence-electron chi connectivity index (χ4n) is 4.77. The largest absolute Gasteiger partial charge is 0.496 e. The van der Waals surface area contributed by atoms with E-state index in [0.717, 1.165) is 31.7 Å². The van der Waals surface area contributed by atoms with E-state index in [4.69, 9.17) is 16.3 Å². The van der Waals surface area contributed by atoms with Crippen LogP contribution >= 0.6 is 11.6 Å². The van der Waals surface area contributed by atoms with E-state index in [0.29, 0.717) is 24.2 Å². The number of halogens is 1. The molecule has 2 atom stereocenters. The van der Waals surface area contributed by atoms with Crippen LogP contribution in [-0.4, -0.2) is 58.5 Å². The highest BCUT2D eigenvalue weighted by Gasteiger charge is 2.37. The van der Waals surface area contributed by atoms with Gasteiger partial charge in [-0.2, -0.15) is 0 Å². The number of fused-ring (bicyclic) bond motifs is 1. The number of nitrogens with zero attached hydrogens (tertiary/aromatic N) is 4. The molecule has 2 fully saturated rings. The van der Waals surface area contributed by atoms with Crippen molar-refractivity contribution in [3.05, 3.63) is 52.1 Å². The molecule has 0 bridgehead atoms. The minimum Gasteiger partial charge on any atom is -0.496 e. The molecule has 2 aromatic rings. The molecular formula is C22H27ClN4O2. The van der Waals surface area contributed by atoms with Crippen LogP contribution < -0.4 is 4.74 Å². The number of ether oxygens (including phenoxy) is 1. The van der Waals surface area contributed by atoms with Crippen molar-refractivity contribution in [2.24, 2.45) is 0 Å². The molecular weight excluding hydrogens is 388 g/mol. The average Bonchev–Trinajstić information content (AvgIpc) is 2.75. The van der Waals surface area contributed by atoms with Gasteiger partial charge in [-0.05, 0) is 67.5 Å². The van der Waals surface area contributed by atoms with Gasteiger partial charge in [0.25, 0.3) is 5.91 Å².